The number of halogens is 2. The Kier molecular flexibility index (Phi) is 4.34. The Bertz CT molecular complexity index is 411. The lowest BCUT2D eigenvalue weighted by molar-refractivity contribution is 0.0232. The minimum absolute atomic E-state index is 0.334. The van der Waals surface area contributed by atoms with Crippen molar-refractivity contribution in [1.82, 2.24) is 0 Å². The van der Waals surface area contributed by atoms with Crippen LogP contribution in [-0.2, 0) is 4.74 Å². The van der Waals surface area contributed by atoms with E-state index in [0.29, 0.717) is 12.1 Å². The molecule has 1 aliphatic heterocycles. The van der Waals surface area contributed by atoms with E-state index in [9.17, 15) is 0 Å². The Labute approximate surface area is 116 Å². The van der Waals surface area contributed by atoms with Gasteiger partial charge in [0.25, 0.3) is 0 Å². The summed E-state index contributed by atoms with van der Waals surface area (Å²) in [6.07, 6.45) is 2.42. The second kappa shape index (κ2) is 5.59. The third-order valence-corrected chi connectivity index (χ3v) is 4.16. The zero-order chi connectivity index (χ0) is 12.4. The minimum Gasteiger partial charge on any atom is -0.381 e. The van der Waals surface area contributed by atoms with Crippen molar-refractivity contribution in [2.45, 2.75) is 38.8 Å². The lowest BCUT2D eigenvalue weighted by atomic mass is 10.0. The normalized spacial score (nSPS) is 24.7. The third-order valence-electron chi connectivity index (χ3n) is 3.09. The predicted molar refractivity (Wildman–Crippen MR) is 75.9 cm³/mol. The van der Waals surface area contributed by atoms with E-state index in [1.807, 2.05) is 19.1 Å². The van der Waals surface area contributed by atoms with Gasteiger partial charge in [-0.3, -0.25) is 0 Å². The summed E-state index contributed by atoms with van der Waals surface area (Å²) in [4.78, 5) is 0. The summed E-state index contributed by atoms with van der Waals surface area (Å²) < 4.78 is 6.61. The van der Waals surface area contributed by atoms with Crippen LogP contribution in [0.5, 0.6) is 0 Å². The maximum atomic E-state index is 6.15. The third kappa shape index (κ3) is 3.36. The smallest absolute Gasteiger partial charge is 0.0566 e. The van der Waals surface area contributed by atoms with E-state index in [-0.39, 0.29) is 0 Å². The monoisotopic (exact) mass is 317 g/mol. The van der Waals surface area contributed by atoms with Gasteiger partial charge >= 0.3 is 0 Å². The van der Waals surface area contributed by atoms with Crippen LogP contribution in [0.1, 0.15) is 25.3 Å². The molecule has 1 aliphatic rings. The molecule has 1 aromatic carbocycles. The average molecular weight is 319 g/mol. The van der Waals surface area contributed by atoms with Crippen LogP contribution in [0.4, 0.5) is 5.69 Å². The van der Waals surface area contributed by atoms with Gasteiger partial charge in [-0.25, -0.2) is 0 Å². The van der Waals surface area contributed by atoms with E-state index in [2.05, 4.69) is 28.2 Å². The van der Waals surface area contributed by atoms with Gasteiger partial charge in [0.2, 0.25) is 0 Å². The minimum atomic E-state index is 0.334. The molecule has 0 bridgehead atoms. The summed E-state index contributed by atoms with van der Waals surface area (Å²) in [5.41, 5.74) is 2.16. The molecule has 94 valence electrons. The van der Waals surface area contributed by atoms with Crippen LogP contribution < -0.4 is 5.32 Å². The lowest BCUT2D eigenvalue weighted by Gasteiger charge is -2.29. The summed E-state index contributed by atoms with van der Waals surface area (Å²) in [7, 11) is 0. The number of rotatable bonds is 2. The van der Waals surface area contributed by atoms with Crippen molar-refractivity contribution in [3.63, 3.8) is 0 Å². The molecule has 2 rings (SSSR count). The fraction of sp³-hybridized carbons (Fsp3) is 0.538. The molecular formula is C13H17BrClNO. The Morgan fingerprint density at radius 1 is 1.47 bits per heavy atom. The largest absolute Gasteiger partial charge is 0.381 e. The molecule has 2 unspecified atom stereocenters. The molecule has 1 saturated heterocycles. The van der Waals surface area contributed by atoms with Gasteiger partial charge < -0.3 is 10.1 Å². The molecule has 0 radical (unpaired) electrons. The first-order chi connectivity index (χ1) is 8.06. The first kappa shape index (κ1) is 13.2. The van der Waals surface area contributed by atoms with Gasteiger partial charge in [-0.2, -0.15) is 0 Å². The van der Waals surface area contributed by atoms with Crippen molar-refractivity contribution >= 4 is 33.2 Å². The van der Waals surface area contributed by atoms with Gasteiger partial charge in [-0.05, 0) is 60.3 Å². The number of nitrogens with one attached hydrogen (secondary N) is 1. The Hall–Kier alpha value is -0.250. The highest BCUT2D eigenvalue weighted by Crippen LogP contribution is 2.31. The standard InChI is InChI=1S/C13H17BrClNO/c1-8-5-11(14)13(7-12(8)15)16-10-3-4-17-9(2)6-10/h5,7,9-10,16H,3-4,6H2,1-2H3. The van der Waals surface area contributed by atoms with Gasteiger partial charge in [0.1, 0.15) is 0 Å². The molecule has 1 N–H and O–H groups in total. The van der Waals surface area contributed by atoms with Gasteiger partial charge in [0.15, 0.2) is 0 Å². The molecule has 4 heteroatoms. The molecule has 17 heavy (non-hydrogen) atoms. The number of benzene rings is 1. The summed E-state index contributed by atoms with van der Waals surface area (Å²) in [6.45, 7) is 4.95. The molecule has 1 fully saturated rings. The van der Waals surface area contributed by atoms with Crippen molar-refractivity contribution in [1.29, 1.82) is 0 Å². The topological polar surface area (TPSA) is 21.3 Å². The van der Waals surface area contributed by atoms with Crippen molar-refractivity contribution in [3.8, 4) is 0 Å². The van der Waals surface area contributed by atoms with Crippen LogP contribution in [0, 0.1) is 6.92 Å². The van der Waals surface area contributed by atoms with Crippen LogP contribution in [0.2, 0.25) is 5.02 Å². The first-order valence-electron chi connectivity index (χ1n) is 5.90. The fourth-order valence-electron chi connectivity index (χ4n) is 2.11. The van der Waals surface area contributed by atoms with Crippen LogP contribution >= 0.6 is 27.5 Å². The summed E-state index contributed by atoms with van der Waals surface area (Å²) >= 11 is 9.72. The zero-order valence-electron chi connectivity index (χ0n) is 10.1. The molecule has 1 aromatic rings. The molecule has 0 spiro atoms. The highest BCUT2D eigenvalue weighted by Gasteiger charge is 2.19. The zero-order valence-corrected chi connectivity index (χ0v) is 12.4. The van der Waals surface area contributed by atoms with E-state index >= 15 is 0 Å². The van der Waals surface area contributed by atoms with Crippen molar-refractivity contribution in [2.75, 3.05) is 11.9 Å². The Morgan fingerprint density at radius 2 is 2.24 bits per heavy atom. The van der Waals surface area contributed by atoms with E-state index in [0.717, 1.165) is 40.2 Å². The molecule has 1 heterocycles. The maximum absolute atomic E-state index is 6.15. The molecule has 0 aromatic heterocycles. The summed E-state index contributed by atoms with van der Waals surface area (Å²) in [5, 5.41) is 4.34. The number of ether oxygens (including phenoxy) is 1. The lowest BCUT2D eigenvalue weighted by Crippen LogP contribution is -2.32. The molecule has 2 atom stereocenters. The summed E-state index contributed by atoms with van der Waals surface area (Å²) in [6, 6.07) is 4.50. The first-order valence-corrected chi connectivity index (χ1v) is 7.07. The molecular weight excluding hydrogens is 302 g/mol. The van der Waals surface area contributed by atoms with E-state index in [4.69, 9.17) is 16.3 Å². The predicted octanol–water partition coefficient (Wildman–Crippen LogP) is 4.39. The van der Waals surface area contributed by atoms with Crippen molar-refractivity contribution in [2.24, 2.45) is 0 Å². The van der Waals surface area contributed by atoms with Gasteiger partial charge in [-0.1, -0.05) is 11.6 Å². The SMILES string of the molecule is Cc1cc(Br)c(NC2CCOC(C)C2)cc1Cl. The maximum Gasteiger partial charge on any atom is 0.0566 e. The van der Waals surface area contributed by atoms with Gasteiger partial charge in [0.05, 0.1) is 11.8 Å². The number of aryl methyl sites for hydroxylation is 1. The number of anilines is 1. The Morgan fingerprint density at radius 3 is 2.94 bits per heavy atom. The van der Waals surface area contributed by atoms with Crippen molar-refractivity contribution in [3.05, 3.63) is 27.2 Å². The van der Waals surface area contributed by atoms with Gasteiger partial charge in [0, 0.05) is 22.1 Å². The van der Waals surface area contributed by atoms with Crippen LogP contribution in [0.15, 0.2) is 16.6 Å². The number of hydrogen-bond acceptors (Lipinski definition) is 2. The summed E-state index contributed by atoms with van der Waals surface area (Å²) in [5.74, 6) is 0. The average Bonchev–Trinajstić information content (AvgIpc) is 2.26. The van der Waals surface area contributed by atoms with Crippen LogP contribution in [0.25, 0.3) is 0 Å². The van der Waals surface area contributed by atoms with Gasteiger partial charge in [-0.15, -0.1) is 0 Å². The molecule has 2 nitrogen and oxygen atoms in total. The second-order valence-corrected chi connectivity index (χ2v) is 5.89. The molecule has 0 amide bonds. The van der Waals surface area contributed by atoms with Crippen LogP contribution in [0.3, 0.4) is 0 Å². The van der Waals surface area contributed by atoms with E-state index < -0.39 is 0 Å². The van der Waals surface area contributed by atoms with Crippen LogP contribution in [-0.4, -0.2) is 18.8 Å². The Balaban J connectivity index is 2.10. The molecule has 0 saturated carbocycles. The van der Waals surface area contributed by atoms with Crippen molar-refractivity contribution < 1.29 is 4.74 Å². The highest BCUT2D eigenvalue weighted by atomic mass is 79.9. The van der Waals surface area contributed by atoms with E-state index in [1.165, 1.54) is 0 Å². The van der Waals surface area contributed by atoms with E-state index in [1.54, 1.807) is 0 Å². The highest BCUT2D eigenvalue weighted by molar-refractivity contribution is 9.10. The molecule has 0 aliphatic carbocycles. The fourth-order valence-corrected chi connectivity index (χ4v) is 2.84. The number of hydrogen-bond donors (Lipinski definition) is 1. The second-order valence-electron chi connectivity index (χ2n) is 4.63. The quantitative estimate of drug-likeness (QED) is 0.873.